The Morgan fingerprint density at radius 2 is 2.47 bits per heavy atom. The summed E-state index contributed by atoms with van der Waals surface area (Å²) in [6.45, 7) is 2.34. The fourth-order valence-electron chi connectivity index (χ4n) is 1.11. The van der Waals surface area contributed by atoms with Gasteiger partial charge in [-0.05, 0) is 13.5 Å². The van der Waals surface area contributed by atoms with Crippen LogP contribution in [-0.2, 0) is 6.42 Å². The Kier molecular flexibility index (Phi) is 5.02. The minimum Gasteiger partial charge on any atom is -0.330 e. The van der Waals surface area contributed by atoms with Crippen molar-refractivity contribution in [2.45, 2.75) is 26.2 Å². The Bertz CT molecular complexity index is 387. The standard InChI is InChI=1S/C11H14N2OS/c1-2-3-4-5-10(14)9-8-15-11(13-9)6-7-12/h8H,4-7,12H2,1H3. The summed E-state index contributed by atoms with van der Waals surface area (Å²) in [5.74, 6) is 5.70. The number of carbonyl (C=O) groups is 1. The van der Waals surface area contributed by atoms with Crippen LogP contribution >= 0.6 is 11.3 Å². The Balaban J connectivity index is 2.52. The molecule has 0 aliphatic rings. The molecule has 0 amide bonds. The maximum absolute atomic E-state index is 11.6. The molecule has 3 nitrogen and oxygen atoms in total. The number of nitrogens with two attached hydrogens (primary N) is 1. The fourth-order valence-corrected chi connectivity index (χ4v) is 1.92. The van der Waals surface area contributed by atoms with E-state index in [0.29, 0.717) is 25.1 Å². The quantitative estimate of drug-likeness (QED) is 0.608. The van der Waals surface area contributed by atoms with Crippen molar-refractivity contribution in [3.63, 3.8) is 0 Å². The van der Waals surface area contributed by atoms with Crippen LogP contribution in [0.3, 0.4) is 0 Å². The fraction of sp³-hybridized carbons (Fsp3) is 0.455. The number of aromatic nitrogens is 1. The summed E-state index contributed by atoms with van der Waals surface area (Å²) in [5, 5.41) is 2.73. The predicted octanol–water partition coefficient (Wildman–Crippen LogP) is 1.63. The van der Waals surface area contributed by atoms with Crippen molar-refractivity contribution in [3.8, 4) is 11.8 Å². The number of thiazole rings is 1. The zero-order chi connectivity index (χ0) is 11.1. The highest BCUT2D eigenvalue weighted by Gasteiger charge is 2.09. The van der Waals surface area contributed by atoms with Crippen molar-refractivity contribution in [3.05, 3.63) is 16.1 Å². The molecule has 0 saturated carbocycles. The van der Waals surface area contributed by atoms with E-state index in [4.69, 9.17) is 5.73 Å². The summed E-state index contributed by atoms with van der Waals surface area (Å²) in [6.07, 6.45) is 1.80. The van der Waals surface area contributed by atoms with E-state index in [9.17, 15) is 4.79 Å². The van der Waals surface area contributed by atoms with Gasteiger partial charge in [-0.2, -0.15) is 0 Å². The minimum atomic E-state index is 0.0669. The summed E-state index contributed by atoms with van der Waals surface area (Å²) in [7, 11) is 0. The van der Waals surface area contributed by atoms with E-state index in [0.717, 1.165) is 11.4 Å². The molecule has 0 radical (unpaired) electrons. The van der Waals surface area contributed by atoms with Gasteiger partial charge in [0.05, 0.1) is 5.01 Å². The van der Waals surface area contributed by atoms with Gasteiger partial charge in [0.1, 0.15) is 5.69 Å². The lowest BCUT2D eigenvalue weighted by Crippen LogP contribution is -2.03. The molecule has 1 rings (SSSR count). The number of rotatable bonds is 5. The number of nitrogens with zero attached hydrogens (tertiary/aromatic N) is 1. The molecule has 2 N–H and O–H groups in total. The van der Waals surface area contributed by atoms with E-state index < -0.39 is 0 Å². The lowest BCUT2D eigenvalue weighted by atomic mass is 10.2. The molecule has 4 heteroatoms. The average molecular weight is 222 g/mol. The van der Waals surface area contributed by atoms with Crippen molar-refractivity contribution in [2.75, 3.05) is 6.54 Å². The molecule has 0 unspecified atom stereocenters. The third-order valence-corrected chi connectivity index (χ3v) is 2.76. The van der Waals surface area contributed by atoms with Crippen LogP contribution < -0.4 is 5.73 Å². The van der Waals surface area contributed by atoms with Crippen LogP contribution in [0.25, 0.3) is 0 Å². The first-order valence-electron chi connectivity index (χ1n) is 4.85. The molecule has 1 heterocycles. The smallest absolute Gasteiger partial charge is 0.182 e. The SMILES string of the molecule is CC#CCCC(=O)c1csc(CCN)n1. The van der Waals surface area contributed by atoms with E-state index >= 15 is 0 Å². The highest BCUT2D eigenvalue weighted by molar-refractivity contribution is 7.09. The van der Waals surface area contributed by atoms with Crippen molar-refractivity contribution in [1.29, 1.82) is 0 Å². The summed E-state index contributed by atoms with van der Waals surface area (Å²) in [5.41, 5.74) is 5.96. The van der Waals surface area contributed by atoms with E-state index in [2.05, 4.69) is 16.8 Å². The van der Waals surface area contributed by atoms with Gasteiger partial charge in [-0.3, -0.25) is 4.79 Å². The van der Waals surface area contributed by atoms with Gasteiger partial charge in [0.25, 0.3) is 0 Å². The van der Waals surface area contributed by atoms with Crippen molar-refractivity contribution >= 4 is 17.1 Å². The molecular formula is C11H14N2OS. The lowest BCUT2D eigenvalue weighted by molar-refractivity contribution is 0.0980. The van der Waals surface area contributed by atoms with Crippen LogP contribution in [0.5, 0.6) is 0 Å². The molecule has 0 aromatic carbocycles. The van der Waals surface area contributed by atoms with Crippen LogP contribution in [0.4, 0.5) is 0 Å². The first kappa shape index (κ1) is 11.9. The first-order valence-corrected chi connectivity index (χ1v) is 5.73. The summed E-state index contributed by atoms with van der Waals surface area (Å²) < 4.78 is 0. The summed E-state index contributed by atoms with van der Waals surface area (Å²) in [4.78, 5) is 15.8. The molecule has 1 aromatic heterocycles. The Morgan fingerprint density at radius 1 is 1.67 bits per heavy atom. The Hall–Kier alpha value is -1.18. The molecule has 0 aliphatic heterocycles. The topological polar surface area (TPSA) is 56.0 Å². The van der Waals surface area contributed by atoms with E-state index in [1.807, 2.05) is 0 Å². The summed E-state index contributed by atoms with van der Waals surface area (Å²) in [6, 6.07) is 0. The number of Topliss-reactive ketones (excluding diaryl/α,β-unsaturated/α-hetero) is 1. The Morgan fingerprint density at radius 3 is 3.13 bits per heavy atom. The molecule has 0 fully saturated rings. The number of carbonyl (C=O) groups excluding carboxylic acids is 1. The molecule has 1 aromatic rings. The number of hydrogen-bond donors (Lipinski definition) is 1. The zero-order valence-corrected chi connectivity index (χ0v) is 9.56. The first-order chi connectivity index (χ1) is 7.27. The molecule has 15 heavy (non-hydrogen) atoms. The van der Waals surface area contributed by atoms with Gasteiger partial charge >= 0.3 is 0 Å². The second kappa shape index (κ2) is 6.33. The monoisotopic (exact) mass is 222 g/mol. The van der Waals surface area contributed by atoms with Crippen LogP contribution in [0.2, 0.25) is 0 Å². The highest BCUT2D eigenvalue weighted by atomic mass is 32.1. The number of ketones is 1. The van der Waals surface area contributed by atoms with E-state index in [-0.39, 0.29) is 5.78 Å². The van der Waals surface area contributed by atoms with Gasteiger partial charge in [0.2, 0.25) is 0 Å². The van der Waals surface area contributed by atoms with Crippen molar-refractivity contribution in [1.82, 2.24) is 4.98 Å². The second-order valence-electron chi connectivity index (χ2n) is 3.02. The predicted molar refractivity (Wildman–Crippen MR) is 61.9 cm³/mol. The van der Waals surface area contributed by atoms with Gasteiger partial charge < -0.3 is 5.73 Å². The molecule has 0 spiro atoms. The minimum absolute atomic E-state index is 0.0669. The molecule has 0 bridgehead atoms. The lowest BCUT2D eigenvalue weighted by Gasteiger charge is -1.92. The largest absolute Gasteiger partial charge is 0.330 e. The van der Waals surface area contributed by atoms with E-state index in [1.54, 1.807) is 12.3 Å². The van der Waals surface area contributed by atoms with Gasteiger partial charge in [0.15, 0.2) is 5.78 Å². The third-order valence-electron chi connectivity index (χ3n) is 1.85. The van der Waals surface area contributed by atoms with Crippen LogP contribution in [0.15, 0.2) is 5.38 Å². The zero-order valence-electron chi connectivity index (χ0n) is 8.75. The van der Waals surface area contributed by atoms with E-state index in [1.165, 1.54) is 11.3 Å². The van der Waals surface area contributed by atoms with Crippen LogP contribution in [0.1, 0.15) is 35.3 Å². The van der Waals surface area contributed by atoms with Gasteiger partial charge in [-0.1, -0.05) is 0 Å². The number of hydrogen-bond acceptors (Lipinski definition) is 4. The molecule has 80 valence electrons. The van der Waals surface area contributed by atoms with Crippen molar-refractivity contribution in [2.24, 2.45) is 5.73 Å². The second-order valence-corrected chi connectivity index (χ2v) is 3.96. The molecule has 0 saturated heterocycles. The van der Waals surface area contributed by atoms with Gasteiger partial charge in [-0.25, -0.2) is 4.98 Å². The van der Waals surface area contributed by atoms with Crippen LogP contribution in [0, 0.1) is 11.8 Å². The molecule has 0 aliphatic carbocycles. The molecule has 0 atom stereocenters. The average Bonchev–Trinajstić information content (AvgIpc) is 2.67. The maximum atomic E-state index is 11.6. The van der Waals surface area contributed by atoms with Gasteiger partial charge in [-0.15, -0.1) is 23.2 Å². The van der Waals surface area contributed by atoms with Gasteiger partial charge in [0, 0.05) is 24.6 Å². The summed E-state index contributed by atoms with van der Waals surface area (Å²) >= 11 is 1.49. The normalized spacial score (nSPS) is 9.47. The molecular weight excluding hydrogens is 208 g/mol. The Labute approximate surface area is 93.7 Å². The maximum Gasteiger partial charge on any atom is 0.182 e. The van der Waals surface area contributed by atoms with Crippen molar-refractivity contribution < 1.29 is 4.79 Å². The third kappa shape index (κ3) is 3.82. The highest BCUT2D eigenvalue weighted by Crippen LogP contribution is 2.12. The van der Waals surface area contributed by atoms with Crippen LogP contribution in [-0.4, -0.2) is 17.3 Å².